The molecule has 0 fully saturated rings. The molecule has 2 heteroatoms. The molecule has 0 aromatic heterocycles. The van der Waals surface area contributed by atoms with Crippen molar-refractivity contribution in [3.8, 4) is 6.07 Å². The van der Waals surface area contributed by atoms with Crippen molar-refractivity contribution in [2.45, 2.75) is 13.8 Å². The van der Waals surface area contributed by atoms with Crippen LogP contribution in [0.1, 0.15) is 13.8 Å². The van der Waals surface area contributed by atoms with Crippen LogP contribution in [0.3, 0.4) is 0 Å². The molecule has 0 aliphatic carbocycles. The standard InChI is InChI=1S/C6H8N2/c1-3-8-5-6(2)4-7/h3H2,1-2H3. The lowest BCUT2D eigenvalue weighted by Gasteiger charge is -1.71. The summed E-state index contributed by atoms with van der Waals surface area (Å²) in [6.07, 6.45) is 0. The summed E-state index contributed by atoms with van der Waals surface area (Å²) < 4.78 is 0. The molecule has 0 rings (SSSR count). The van der Waals surface area contributed by atoms with Crippen LogP contribution >= 0.6 is 0 Å². The molecule has 8 heavy (non-hydrogen) atoms. The lowest BCUT2D eigenvalue weighted by atomic mass is 10.4. The molecule has 0 bridgehead atoms. The maximum atomic E-state index is 8.15. The van der Waals surface area contributed by atoms with Gasteiger partial charge in [0.05, 0.1) is 5.57 Å². The third-order valence-corrected chi connectivity index (χ3v) is 0.573. The van der Waals surface area contributed by atoms with Crippen molar-refractivity contribution in [2.24, 2.45) is 4.99 Å². The van der Waals surface area contributed by atoms with Gasteiger partial charge < -0.3 is 0 Å². The Hall–Kier alpha value is -1.06. The third-order valence-electron chi connectivity index (χ3n) is 0.573. The molecule has 0 heterocycles. The Bertz CT molecular complexity index is 156. The average Bonchev–Trinajstić information content (AvgIpc) is 1.83. The number of hydrogen-bond acceptors (Lipinski definition) is 2. The van der Waals surface area contributed by atoms with Gasteiger partial charge in [-0.15, -0.1) is 0 Å². The Morgan fingerprint density at radius 1 is 1.75 bits per heavy atom. The predicted octanol–water partition coefficient (Wildman–Crippen LogP) is 1.15. The molecule has 0 unspecified atom stereocenters. The van der Waals surface area contributed by atoms with E-state index < -0.39 is 0 Å². The van der Waals surface area contributed by atoms with Crippen LogP contribution in [0.4, 0.5) is 0 Å². The third kappa shape index (κ3) is 3.14. The van der Waals surface area contributed by atoms with Gasteiger partial charge in [-0.3, -0.25) is 0 Å². The molecular weight excluding hydrogens is 100 g/mol. The zero-order chi connectivity index (χ0) is 6.41. The van der Waals surface area contributed by atoms with Gasteiger partial charge in [-0.2, -0.15) is 5.26 Å². The van der Waals surface area contributed by atoms with E-state index in [4.69, 9.17) is 5.26 Å². The number of nitriles is 1. The SMILES string of the molecule is CCN=C=C(C)C#N. The predicted molar refractivity (Wildman–Crippen MR) is 32.8 cm³/mol. The minimum atomic E-state index is 0.534. The molecule has 0 aliphatic rings. The first-order valence-corrected chi connectivity index (χ1v) is 2.47. The first-order valence-electron chi connectivity index (χ1n) is 2.47. The maximum Gasteiger partial charge on any atom is 0.104 e. The van der Waals surface area contributed by atoms with Crippen LogP contribution in [0.25, 0.3) is 0 Å². The van der Waals surface area contributed by atoms with Gasteiger partial charge >= 0.3 is 0 Å². The summed E-state index contributed by atoms with van der Waals surface area (Å²) in [5, 5.41) is 8.15. The summed E-state index contributed by atoms with van der Waals surface area (Å²) in [4.78, 5) is 3.73. The van der Waals surface area contributed by atoms with Crippen molar-refractivity contribution in [1.29, 1.82) is 5.26 Å². The molecule has 0 saturated carbocycles. The smallest absolute Gasteiger partial charge is 0.104 e. The Morgan fingerprint density at radius 3 is 2.75 bits per heavy atom. The fourth-order valence-electron chi connectivity index (χ4n) is 0.223. The zero-order valence-electron chi connectivity index (χ0n) is 5.10. The van der Waals surface area contributed by atoms with E-state index in [0.29, 0.717) is 12.1 Å². The highest BCUT2D eigenvalue weighted by Crippen LogP contribution is 1.76. The van der Waals surface area contributed by atoms with Gasteiger partial charge in [0.15, 0.2) is 0 Å². The largest absolute Gasteiger partial charge is 0.242 e. The highest BCUT2D eigenvalue weighted by Gasteiger charge is 1.74. The zero-order valence-corrected chi connectivity index (χ0v) is 5.10. The van der Waals surface area contributed by atoms with Crippen LogP contribution in [0.15, 0.2) is 10.6 Å². The van der Waals surface area contributed by atoms with Gasteiger partial charge in [-0.05, 0) is 19.7 Å². The van der Waals surface area contributed by atoms with E-state index in [1.54, 1.807) is 6.92 Å². The Morgan fingerprint density at radius 2 is 2.38 bits per heavy atom. The van der Waals surface area contributed by atoms with E-state index in [2.05, 4.69) is 10.9 Å². The highest BCUT2D eigenvalue weighted by atomic mass is 14.7. The highest BCUT2D eigenvalue weighted by molar-refractivity contribution is 5.62. The van der Waals surface area contributed by atoms with Crippen molar-refractivity contribution in [2.75, 3.05) is 6.54 Å². The van der Waals surface area contributed by atoms with Crippen molar-refractivity contribution in [3.05, 3.63) is 5.57 Å². The number of nitrogens with zero attached hydrogens (tertiary/aromatic N) is 2. The molecule has 0 amide bonds. The van der Waals surface area contributed by atoms with Crippen molar-refractivity contribution in [3.63, 3.8) is 0 Å². The molecule has 0 aliphatic heterocycles. The minimum absolute atomic E-state index is 0.534. The quantitative estimate of drug-likeness (QED) is 0.366. The monoisotopic (exact) mass is 108 g/mol. The molecule has 0 atom stereocenters. The Labute approximate surface area is 49.2 Å². The second-order valence-corrected chi connectivity index (χ2v) is 1.32. The molecule has 0 saturated heterocycles. The number of hydrogen-bond donors (Lipinski definition) is 0. The Balaban J connectivity index is 3.97. The molecular formula is C6H8N2. The summed E-state index contributed by atoms with van der Waals surface area (Å²) in [5.41, 5.74) is 0.534. The first-order chi connectivity index (χ1) is 3.81. The van der Waals surface area contributed by atoms with Crippen LogP contribution < -0.4 is 0 Å². The van der Waals surface area contributed by atoms with E-state index in [1.807, 2.05) is 13.0 Å². The van der Waals surface area contributed by atoms with Gasteiger partial charge in [0, 0.05) is 6.54 Å². The number of rotatable bonds is 1. The van der Waals surface area contributed by atoms with Crippen molar-refractivity contribution in [1.82, 2.24) is 0 Å². The lowest BCUT2D eigenvalue weighted by Crippen LogP contribution is -1.69. The minimum Gasteiger partial charge on any atom is -0.242 e. The second kappa shape index (κ2) is 4.11. The van der Waals surface area contributed by atoms with E-state index in [9.17, 15) is 0 Å². The lowest BCUT2D eigenvalue weighted by molar-refractivity contribution is 1.14. The van der Waals surface area contributed by atoms with Gasteiger partial charge in [0.25, 0.3) is 0 Å². The first kappa shape index (κ1) is 6.94. The summed E-state index contributed by atoms with van der Waals surface area (Å²) in [5.74, 6) is 2.56. The fourth-order valence-corrected chi connectivity index (χ4v) is 0.223. The maximum absolute atomic E-state index is 8.15. The van der Waals surface area contributed by atoms with Crippen LogP contribution in [-0.2, 0) is 0 Å². The molecule has 0 spiro atoms. The van der Waals surface area contributed by atoms with Gasteiger partial charge in [-0.25, -0.2) is 4.99 Å². The van der Waals surface area contributed by atoms with E-state index >= 15 is 0 Å². The van der Waals surface area contributed by atoms with E-state index in [-0.39, 0.29) is 0 Å². The molecule has 0 N–H and O–H groups in total. The molecule has 0 aromatic carbocycles. The van der Waals surface area contributed by atoms with Gasteiger partial charge in [-0.1, -0.05) is 0 Å². The van der Waals surface area contributed by atoms with Gasteiger partial charge in [0.2, 0.25) is 0 Å². The van der Waals surface area contributed by atoms with Crippen LogP contribution in [0, 0.1) is 11.3 Å². The summed E-state index contributed by atoms with van der Waals surface area (Å²) >= 11 is 0. The van der Waals surface area contributed by atoms with E-state index in [1.165, 1.54) is 0 Å². The van der Waals surface area contributed by atoms with Gasteiger partial charge in [0.1, 0.15) is 6.07 Å². The molecule has 0 aromatic rings. The molecule has 0 radical (unpaired) electrons. The second-order valence-electron chi connectivity index (χ2n) is 1.32. The van der Waals surface area contributed by atoms with Crippen LogP contribution in [0.5, 0.6) is 0 Å². The summed E-state index contributed by atoms with van der Waals surface area (Å²) in [6, 6.07) is 1.91. The van der Waals surface area contributed by atoms with Crippen LogP contribution in [-0.4, -0.2) is 12.4 Å². The number of aliphatic imine (C=N–C) groups is 1. The average molecular weight is 108 g/mol. The molecule has 2 nitrogen and oxygen atoms in total. The fraction of sp³-hybridized carbons (Fsp3) is 0.500. The Kier molecular flexibility index (Phi) is 3.56. The van der Waals surface area contributed by atoms with E-state index in [0.717, 1.165) is 0 Å². The topological polar surface area (TPSA) is 36.1 Å². The summed E-state index contributed by atoms with van der Waals surface area (Å²) in [7, 11) is 0. The van der Waals surface area contributed by atoms with Crippen molar-refractivity contribution >= 4 is 5.87 Å². The normalized spacial score (nSPS) is 6.62. The summed E-state index contributed by atoms with van der Waals surface area (Å²) in [6.45, 7) is 4.27. The van der Waals surface area contributed by atoms with Crippen molar-refractivity contribution < 1.29 is 0 Å². The molecule has 42 valence electrons. The number of allylic oxidation sites excluding steroid dienone is 1. The van der Waals surface area contributed by atoms with Crippen LogP contribution in [0.2, 0.25) is 0 Å².